The zero-order valence-electron chi connectivity index (χ0n) is 10.5. The van der Waals surface area contributed by atoms with Gasteiger partial charge in [-0.25, -0.2) is 9.37 Å². The molecule has 0 spiro atoms. The van der Waals surface area contributed by atoms with Crippen molar-refractivity contribution in [3.05, 3.63) is 47.2 Å². The molecule has 6 heteroatoms. The van der Waals surface area contributed by atoms with Crippen LogP contribution >= 0.6 is 22.9 Å². The highest BCUT2D eigenvalue weighted by atomic mass is 35.5. The Morgan fingerprint density at radius 2 is 2.10 bits per heavy atom. The molecule has 0 aliphatic rings. The first-order valence-corrected chi connectivity index (χ1v) is 7.02. The number of fused-ring (bicyclic) bond motifs is 1. The second kappa shape index (κ2) is 5.26. The van der Waals surface area contributed by atoms with E-state index in [2.05, 4.69) is 10.3 Å². The normalized spacial score (nSPS) is 10.8. The molecule has 0 saturated heterocycles. The average Bonchev–Trinajstić information content (AvgIpc) is 2.82. The van der Waals surface area contributed by atoms with Gasteiger partial charge in [0, 0.05) is 16.8 Å². The standard InChI is InChI=1S/C14H10ClFN2OS/c1-19-12-7-9(3-4-10(12)16)17-14-18-11-6-8(15)2-5-13(11)20-14/h2-7H,1H3,(H,17,18). The Hall–Kier alpha value is -1.85. The van der Waals surface area contributed by atoms with Crippen LogP contribution in [0.4, 0.5) is 15.2 Å². The van der Waals surface area contributed by atoms with Gasteiger partial charge in [0.25, 0.3) is 0 Å². The predicted octanol–water partition coefficient (Wildman–Crippen LogP) is 4.84. The molecule has 3 aromatic rings. The molecule has 20 heavy (non-hydrogen) atoms. The Balaban J connectivity index is 1.92. The van der Waals surface area contributed by atoms with Gasteiger partial charge in [-0.1, -0.05) is 22.9 Å². The van der Waals surface area contributed by atoms with Crippen LogP contribution in [0.2, 0.25) is 5.02 Å². The molecular formula is C14H10ClFN2OS. The van der Waals surface area contributed by atoms with E-state index in [1.54, 1.807) is 12.1 Å². The third-order valence-electron chi connectivity index (χ3n) is 2.75. The minimum Gasteiger partial charge on any atom is -0.494 e. The molecular weight excluding hydrogens is 299 g/mol. The third kappa shape index (κ3) is 2.55. The molecule has 1 N–H and O–H groups in total. The lowest BCUT2D eigenvalue weighted by Gasteiger charge is -2.06. The second-order valence-electron chi connectivity index (χ2n) is 4.11. The maximum Gasteiger partial charge on any atom is 0.188 e. The highest BCUT2D eigenvalue weighted by molar-refractivity contribution is 7.22. The average molecular weight is 309 g/mol. The molecule has 0 amide bonds. The van der Waals surface area contributed by atoms with Gasteiger partial charge in [0.1, 0.15) is 0 Å². The largest absolute Gasteiger partial charge is 0.494 e. The van der Waals surface area contributed by atoms with E-state index in [4.69, 9.17) is 16.3 Å². The minimum atomic E-state index is -0.394. The first kappa shape index (κ1) is 13.1. The number of methoxy groups -OCH3 is 1. The first-order valence-electron chi connectivity index (χ1n) is 5.82. The number of thiazole rings is 1. The Bertz CT molecular complexity index is 775. The number of nitrogens with one attached hydrogen (secondary N) is 1. The van der Waals surface area contributed by atoms with Crippen LogP contribution in [0.25, 0.3) is 10.2 Å². The number of hydrogen-bond acceptors (Lipinski definition) is 4. The molecule has 0 aliphatic carbocycles. The summed E-state index contributed by atoms with van der Waals surface area (Å²) in [4.78, 5) is 4.44. The molecule has 0 saturated carbocycles. The van der Waals surface area contributed by atoms with E-state index in [0.29, 0.717) is 10.7 Å². The van der Waals surface area contributed by atoms with Crippen LogP contribution in [0.1, 0.15) is 0 Å². The summed E-state index contributed by atoms with van der Waals surface area (Å²) in [5.41, 5.74) is 1.55. The lowest BCUT2D eigenvalue weighted by atomic mass is 10.3. The number of nitrogens with zero attached hydrogens (tertiary/aromatic N) is 1. The van der Waals surface area contributed by atoms with E-state index >= 15 is 0 Å². The summed E-state index contributed by atoms with van der Waals surface area (Å²) in [6.45, 7) is 0. The van der Waals surface area contributed by atoms with Crippen molar-refractivity contribution in [3.8, 4) is 5.75 Å². The first-order chi connectivity index (χ1) is 9.65. The Morgan fingerprint density at radius 3 is 2.90 bits per heavy atom. The number of benzene rings is 2. The fraction of sp³-hybridized carbons (Fsp3) is 0.0714. The van der Waals surface area contributed by atoms with Crippen molar-refractivity contribution in [2.24, 2.45) is 0 Å². The van der Waals surface area contributed by atoms with Crippen molar-refractivity contribution in [2.75, 3.05) is 12.4 Å². The van der Waals surface area contributed by atoms with Crippen molar-refractivity contribution in [1.82, 2.24) is 4.98 Å². The third-order valence-corrected chi connectivity index (χ3v) is 3.94. The molecule has 0 unspecified atom stereocenters. The summed E-state index contributed by atoms with van der Waals surface area (Å²) in [5, 5.41) is 4.50. The Kier molecular flexibility index (Phi) is 3.46. The quantitative estimate of drug-likeness (QED) is 0.751. The van der Waals surface area contributed by atoms with Crippen LogP contribution in [0.15, 0.2) is 36.4 Å². The molecule has 2 aromatic carbocycles. The van der Waals surface area contributed by atoms with E-state index in [1.165, 1.54) is 24.5 Å². The zero-order chi connectivity index (χ0) is 14.1. The fourth-order valence-corrected chi connectivity index (χ4v) is 2.85. The minimum absolute atomic E-state index is 0.194. The molecule has 1 aromatic heterocycles. The van der Waals surface area contributed by atoms with E-state index in [9.17, 15) is 4.39 Å². The summed E-state index contributed by atoms with van der Waals surface area (Å²) in [6.07, 6.45) is 0. The highest BCUT2D eigenvalue weighted by Gasteiger charge is 2.07. The number of rotatable bonds is 3. The van der Waals surface area contributed by atoms with Gasteiger partial charge >= 0.3 is 0 Å². The van der Waals surface area contributed by atoms with Gasteiger partial charge in [-0.3, -0.25) is 0 Å². The van der Waals surface area contributed by atoms with Gasteiger partial charge in [-0.2, -0.15) is 0 Å². The maximum atomic E-state index is 13.3. The molecule has 0 radical (unpaired) electrons. The van der Waals surface area contributed by atoms with Gasteiger partial charge in [-0.05, 0) is 30.3 Å². The van der Waals surface area contributed by atoms with Gasteiger partial charge in [0.05, 0.1) is 17.3 Å². The topological polar surface area (TPSA) is 34.1 Å². The van der Waals surface area contributed by atoms with Crippen LogP contribution < -0.4 is 10.1 Å². The van der Waals surface area contributed by atoms with E-state index in [0.717, 1.165) is 15.3 Å². The van der Waals surface area contributed by atoms with E-state index in [1.807, 2.05) is 18.2 Å². The maximum absolute atomic E-state index is 13.3. The van der Waals surface area contributed by atoms with Gasteiger partial charge < -0.3 is 10.1 Å². The van der Waals surface area contributed by atoms with Crippen molar-refractivity contribution >= 4 is 44.0 Å². The SMILES string of the molecule is COc1cc(Nc2nc3cc(Cl)ccc3s2)ccc1F. The zero-order valence-corrected chi connectivity index (χ0v) is 12.1. The number of ether oxygens (including phenoxy) is 1. The van der Waals surface area contributed by atoms with Crippen LogP contribution in [0.3, 0.4) is 0 Å². The Morgan fingerprint density at radius 1 is 1.25 bits per heavy atom. The summed E-state index contributed by atoms with van der Waals surface area (Å²) in [7, 11) is 1.43. The molecule has 0 fully saturated rings. The molecule has 3 rings (SSSR count). The van der Waals surface area contributed by atoms with E-state index < -0.39 is 5.82 Å². The summed E-state index contributed by atoms with van der Waals surface area (Å²) >= 11 is 7.43. The van der Waals surface area contributed by atoms with Crippen molar-refractivity contribution in [3.63, 3.8) is 0 Å². The molecule has 0 bridgehead atoms. The molecule has 0 atom stereocenters. The monoisotopic (exact) mass is 308 g/mol. The van der Waals surface area contributed by atoms with Gasteiger partial charge in [-0.15, -0.1) is 0 Å². The van der Waals surface area contributed by atoms with E-state index in [-0.39, 0.29) is 5.75 Å². The Labute approximate surface area is 124 Å². The molecule has 102 valence electrons. The van der Waals surface area contributed by atoms with Crippen LogP contribution in [-0.4, -0.2) is 12.1 Å². The summed E-state index contributed by atoms with van der Waals surface area (Å²) in [6, 6.07) is 10.1. The molecule has 0 aliphatic heterocycles. The smallest absolute Gasteiger partial charge is 0.188 e. The van der Waals surface area contributed by atoms with Crippen molar-refractivity contribution < 1.29 is 9.13 Å². The summed E-state index contributed by atoms with van der Waals surface area (Å²) < 4.78 is 19.3. The number of halogens is 2. The lowest BCUT2D eigenvalue weighted by Crippen LogP contribution is -1.92. The van der Waals surface area contributed by atoms with Crippen molar-refractivity contribution in [1.29, 1.82) is 0 Å². The molecule has 1 heterocycles. The van der Waals surface area contributed by atoms with Gasteiger partial charge in [0.2, 0.25) is 0 Å². The predicted molar refractivity (Wildman–Crippen MR) is 80.9 cm³/mol. The van der Waals surface area contributed by atoms with Crippen LogP contribution in [0, 0.1) is 5.82 Å². The van der Waals surface area contributed by atoms with Crippen LogP contribution in [-0.2, 0) is 0 Å². The molecule has 3 nitrogen and oxygen atoms in total. The number of anilines is 2. The van der Waals surface area contributed by atoms with Crippen LogP contribution in [0.5, 0.6) is 5.75 Å². The lowest BCUT2D eigenvalue weighted by molar-refractivity contribution is 0.387. The summed E-state index contributed by atoms with van der Waals surface area (Å²) in [5.74, 6) is -0.201. The second-order valence-corrected chi connectivity index (χ2v) is 5.57. The fourth-order valence-electron chi connectivity index (χ4n) is 1.82. The van der Waals surface area contributed by atoms with Gasteiger partial charge in [0.15, 0.2) is 16.7 Å². The van der Waals surface area contributed by atoms with Crippen molar-refractivity contribution in [2.45, 2.75) is 0 Å². The number of aromatic nitrogens is 1. The number of hydrogen-bond donors (Lipinski definition) is 1. The highest BCUT2D eigenvalue weighted by Crippen LogP contribution is 2.31.